The minimum Gasteiger partial charge on any atom is -0.444 e. The summed E-state index contributed by atoms with van der Waals surface area (Å²) in [5.74, 6) is 0. The maximum Gasteiger partial charge on any atom is 0.408 e. The SMILES string of the molecule is CC(C)(C)OC(=O)NC1(C)c2ccccc2CCC1O. The molecular weight excluding hydrogens is 254 g/mol. The number of carbonyl (C=O) groups excluding carboxylic acids is 1. The van der Waals surface area contributed by atoms with Gasteiger partial charge in [0.15, 0.2) is 0 Å². The number of aliphatic hydroxyl groups excluding tert-OH is 1. The van der Waals surface area contributed by atoms with Gasteiger partial charge in [-0.3, -0.25) is 0 Å². The second-order valence-electron chi connectivity index (χ2n) is 6.54. The molecule has 110 valence electrons. The molecular formula is C16H23NO3. The van der Waals surface area contributed by atoms with E-state index in [2.05, 4.69) is 5.32 Å². The molecule has 2 rings (SSSR count). The van der Waals surface area contributed by atoms with E-state index in [0.29, 0.717) is 6.42 Å². The van der Waals surface area contributed by atoms with Crippen LogP contribution in [0.3, 0.4) is 0 Å². The van der Waals surface area contributed by atoms with Gasteiger partial charge >= 0.3 is 6.09 Å². The summed E-state index contributed by atoms with van der Waals surface area (Å²) in [5.41, 5.74) is 0.762. The molecule has 0 aliphatic heterocycles. The van der Waals surface area contributed by atoms with E-state index in [1.807, 2.05) is 52.0 Å². The number of alkyl carbamates (subject to hydrolysis) is 1. The largest absolute Gasteiger partial charge is 0.444 e. The van der Waals surface area contributed by atoms with E-state index in [1.165, 1.54) is 0 Å². The van der Waals surface area contributed by atoms with E-state index < -0.39 is 23.3 Å². The summed E-state index contributed by atoms with van der Waals surface area (Å²) < 4.78 is 5.31. The molecule has 0 bridgehead atoms. The first kappa shape index (κ1) is 14.9. The maximum atomic E-state index is 12.0. The molecule has 1 aromatic carbocycles. The van der Waals surface area contributed by atoms with E-state index >= 15 is 0 Å². The van der Waals surface area contributed by atoms with Gasteiger partial charge in [0, 0.05) is 0 Å². The fourth-order valence-electron chi connectivity index (χ4n) is 2.67. The van der Waals surface area contributed by atoms with E-state index in [1.54, 1.807) is 0 Å². The van der Waals surface area contributed by atoms with Crippen LogP contribution in [0.25, 0.3) is 0 Å². The normalized spacial score (nSPS) is 25.8. The van der Waals surface area contributed by atoms with Gasteiger partial charge in [0.05, 0.1) is 11.6 Å². The molecule has 4 nitrogen and oxygen atoms in total. The van der Waals surface area contributed by atoms with Gasteiger partial charge in [-0.05, 0) is 51.7 Å². The highest BCUT2D eigenvalue weighted by atomic mass is 16.6. The lowest BCUT2D eigenvalue weighted by molar-refractivity contribution is 0.0183. The van der Waals surface area contributed by atoms with Gasteiger partial charge in [-0.2, -0.15) is 0 Å². The Labute approximate surface area is 120 Å². The molecule has 4 heteroatoms. The number of ether oxygens (including phenoxy) is 1. The Morgan fingerprint density at radius 1 is 1.40 bits per heavy atom. The van der Waals surface area contributed by atoms with Crippen LogP contribution < -0.4 is 5.32 Å². The van der Waals surface area contributed by atoms with Crippen molar-refractivity contribution in [1.82, 2.24) is 5.32 Å². The zero-order chi connectivity index (χ0) is 15.0. The molecule has 20 heavy (non-hydrogen) atoms. The van der Waals surface area contributed by atoms with Gasteiger partial charge in [-0.25, -0.2) is 4.79 Å². The van der Waals surface area contributed by atoms with Crippen molar-refractivity contribution in [3.8, 4) is 0 Å². The molecule has 0 heterocycles. The summed E-state index contributed by atoms with van der Waals surface area (Å²) in [4.78, 5) is 12.0. The summed E-state index contributed by atoms with van der Waals surface area (Å²) in [6, 6.07) is 7.89. The third-order valence-electron chi connectivity index (χ3n) is 3.69. The Morgan fingerprint density at radius 2 is 2.05 bits per heavy atom. The van der Waals surface area contributed by atoms with E-state index in [9.17, 15) is 9.90 Å². The summed E-state index contributed by atoms with van der Waals surface area (Å²) >= 11 is 0. The Bertz CT molecular complexity index is 507. The Hall–Kier alpha value is -1.55. The van der Waals surface area contributed by atoms with Crippen molar-refractivity contribution < 1.29 is 14.6 Å². The number of benzene rings is 1. The number of aliphatic hydroxyl groups is 1. The van der Waals surface area contributed by atoms with Crippen LogP contribution in [0.15, 0.2) is 24.3 Å². The third-order valence-corrected chi connectivity index (χ3v) is 3.69. The molecule has 2 N–H and O–H groups in total. The van der Waals surface area contributed by atoms with E-state index in [-0.39, 0.29) is 0 Å². The highest BCUT2D eigenvalue weighted by Crippen LogP contribution is 2.35. The first-order valence-electron chi connectivity index (χ1n) is 7.00. The number of rotatable bonds is 1. The average molecular weight is 277 g/mol. The number of hydrogen-bond donors (Lipinski definition) is 2. The van der Waals surface area contributed by atoms with Gasteiger partial charge in [-0.15, -0.1) is 0 Å². The number of carbonyl (C=O) groups is 1. The van der Waals surface area contributed by atoms with Crippen LogP contribution in [0.2, 0.25) is 0 Å². The average Bonchev–Trinajstić information content (AvgIpc) is 2.32. The van der Waals surface area contributed by atoms with E-state index in [0.717, 1.165) is 17.5 Å². The molecule has 0 fully saturated rings. The van der Waals surface area contributed by atoms with Crippen molar-refractivity contribution in [3.05, 3.63) is 35.4 Å². The standard InChI is InChI=1S/C16H23NO3/c1-15(2,3)20-14(19)17-16(4)12-8-6-5-7-11(12)9-10-13(16)18/h5-8,13,18H,9-10H2,1-4H3,(H,17,19). The first-order chi connectivity index (χ1) is 9.22. The molecule has 0 saturated heterocycles. The van der Waals surface area contributed by atoms with Gasteiger partial charge in [0.2, 0.25) is 0 Å². The van der Waals surface area contributed by atoms with Crippen LogP contribution in [-0.4, -0.2) is 22.9 Å². The third kappa shape index (κ3) is 2.96. The lowest BCUT2D eigenvalue weighted by Gasteiger charge is -2.41. The number of aryl methyl sites for hydroxylation is 1. The smallest absolute Gasteiger partial charge is 0.408 e. The van der Waals surface area contributed by atoms with Crippen LogP contribution in [0.5, 0.6) is 0 Å². The minimum atomic E-state index is -0.808. The fourth-order valence-corrected chi connectivity index (χ4v) is 2.67. The van der Waals surface area contributed by atoms with Gasteiger partial charge in [0.1, 0.15) is 5.60 Å². The quantitative estimate of drug-likeness (QED) is 0.830. The van der Waals surface area contributed by atoms with Crippen LogP contribution in [0.4, 0.5) is 4.79 Å². The van der Waals surface area contributed by atoms with Crippen LogP contribution in [0, 0.1) is 0 Å². The second kappa shape index (κ2) is 5.09. The maximum absolute atomic E-state index is 12.0. The molecule has 0 saturated carbocycles. The van der Waals surface area contributed by atoms with Gasteiger partial charge in [-0.1, -0.05) is 24.3 Å². The zero-order valence-electron chi connectivity index (χ0n) is 12.6. The Kier molecular flexibility index (Phi) is 3.78. The molecule has 1 aromatic rings. The molecule has 2 unspecified atom stereocenters. The van der Waals surface area contributed by atoms with Crippen molar-refractivity contribution in [2.24, 2.45) is 0 Å². The lowest BCUT2D eigenvalue weighted by atomic mass is 9.76. The van der Waals surface area contributed by atoms with Crippen molar-refractivity contribution in [3.63, 3.8) is 0 Å². The van der Waals surface area contributed by atoms with Crippen molar-refractivity contribution in [2.75, 3.05) is 0 Å². The number of hydrogen-bond acceptors (Lipinski definition) is 3. The number of amides is 1. The highest BCUT2D eigenvalue weighted by Gasteiger charge is 2.41. The molecule has 0 spiro atoms. The van der Waals surface area contributed by atoms with Gasteiger partial charge in [0.25, 0.3) is 0 Å². The zero-order valence-corrected chi connectivity index (χ0v) is 12.6. The van der Waals surface area contributed by atoms with Crippen LogP contribution >= 0.6 is 0 Å². The van der Waals surface area contributed by atoms with Crippen molar-refractivity contribution in [1.29, 1.82) is 0 Å². The summed E-state index contributed by atoms with van der Waals surface area (Å²) in [6.45, 7) is 7.31. The molecule has 1 aliphatic carbocycles. The Morgan fingerprint density at radius 3 is 2.70 bits per heavy atom. The summed E-state index contributed by atoms with van der Waals surface area (Å²) in [5, 5.41) is 13.2. The number of nitrogens with one attached hydrogen (secondary N) is 1. The molecule has 1 amide bonds. The predicted octanol–water partition coefficient (Wildman–Crippen LogP) is 2.73. The second-order valence-corrected chi connectivity index (χ2v) is 6.54. The predicted molar refractivity (Wildman–Crippen MR) is 77.5 cm³/mol. The van der Waals surface area contributed by atoms with Crippen LogP contribution in [-0.2, 0) is 16.7 Å². The molecule has 2 atom stereocenters. The molecule has 0 radical (unpaired) electrons. The monoisotopic (exact) mass is 277 g/mol. The molecule has 0 aromatic heterocycles. The summed E-state index contributed by atoms with van der Waals surface area (Å²) in [6.07, 6.45) is 0.326. The van der Waals surface area contributed by atoms with Crippen molar-refractivity contribution >= 4 is 6.09 Å². The summed E-state index contributed by atoms with van der Waals surface area (Å²) in [7, 11) is 0. The topological polar surface area (TPSA) is 58.6 Å². The van der Waals surface area contributed by atoms with Crippen LogP contribution in [0.1, 0.15) is 45.2 Å². The first-order valence-corrected chi connectivity index (χ1v) is 7.00. The molecule has 1 aliphatic rings. The number of fused-ring (bicyclic) bond motifs is 1. The minimum absolute atomic E-state index is 0.504. The lowest BCUT2D eigenvalue weighted by Crippen LogP contribution is -2.55. The van der Waals surface area contributed by atoms with E-state index in [4.69, 9.17) is 4.74 Å². The van der Waals surface area contributed by atoms with Gasteiger partial charge < -0.3 is 15.2 Å². The fraction of sp³-hybridized carbons (Fsp3) is 0.562. The highest BCUT2D eigenvalue weighted by molar-refractivity contribution is 5.69. The Balaban J connectivity index is 2.26. The van der Waals surface area contributed by atoms with Crippen molar-refractivity contribution in [2.45, 2.75) is 57.8 Å².